The molecule has 0 saturated heterocycles. The van der Waals surface area contributed by atoms with Gasteiger partial charge in [0.15, 0.2) is 0 Å². The van der Waals surface area contributed by atoms with Crippen LogP contribution in [0.25, 0.3) is 0 Å². The molecule has 0 saturated carbocycles. The Morgan fingerprint density at radius 2 is 2.12 bits per heavy atom. The number of nitrogens with one attached hydrogen (secondary N) is 1. The maximum Gasteiger partial charge on any atom is 0.325 e. The van der Waals surface area contributed by atoms with E-state index < -0.39 is 12.0 Å². The van der Waals surface area contributed by atoms with Crippen molar-refractivity contribution in [2.75, 3.05) is 5.32 Å². The van der Waals surface area contributed by atoms with Crippen molar-refractivity contribution in [1.82, 2.24) is 9.97 Å². The lowest BCUT2D eigenvalue weighted by molar-refractivity contribution is -0.137. The lowest BCUT2D eigenvalue weighted by Crippen LogP contribution is -2.26. The lowest BCUT2D eigenvalue weighted by Gasteiger charge is -2.13. The number of carboxylic acids is 1. The standard InChI is InChI=1S/C11H16IN3O2/c1-6(2)4-8-9(12)10(14-5-13-8)15-7(3)11(16)17/h5-7H,4H2,1-3H3,(H,16,17)(H,13,14,15). The van der Waals surface area contributed by atoms with Gasteiger partial charge in [-0.2, -0.15) is 0 Å². The monoisotopic (exact) mass is 349 g/mol. The van der Waals surface area contributed by atoms with Crippen molar-refractivity contribution >= 4 is 34.4 Å². The van der Waals surface area contributed by atoms with Crippen LogP contribution in [0.1, 0.15) is 26.5 Å². The van der Waals surface area contributed by atoms with E-state index in [2.05, 4.69) is 51.7 Å². The molecule has 0 aromatic carbocycles. The van der Waals surface area contributed by atoms with Gasteiger partial charge in [-0.25, -0.2) is 9.97 Å². The number of aliphatic carboxylic acids is 1. The Morgan fingerprint density at radius 1 is 1.47 bits per heavy atom. The maximum absolute atomic E-state index is 10.8. The van der Waals surface area contributed by atoms with Gasteiger partial charge in [-0.15, -0.1) is 0 Å². The van der Waals surface area contributed by atoms with Gasteiger partial charge < -0.3 is 10.4 Å². The van der Waals surface area contributed by atoms with Gasteiger partial charge in [0, 0.05) is 0 Å². The highest BCUT2D eigenvalue weighted by atomic mass is 127. The highest BCUT2D eigenvalue weighted by Crippen LogP contribution is 2.20. The Balaban J connectivity index is 2.90. The normalized spacial score (nSPS) is 12.5. The molecule has 1 heterocycles. The van der Waals surface area contributed by atoms with Gasteiger partial charge in [-0.05, 0) is 41.9 Å². The third-order valence-corrected chi connectivity index (χ3v) is 3.32. The van der Waals surface area contributed by atoms with Gasteiger partial charge in [0.25, 0.3) is 0 Å². The zero-order valence-corrected chi connectivity index (χ0v) is 12.2. The Bertz CT molecular complexity index is 410. The van der Waals surface area contributed by atoms with Gasteiger partial charge in [0.1, 0.15) is 18.2 Å². The van der Waals surface area contributed by atoms with E-state index in [0.29, 0.717) is 11.7 Å². The second-order valence-electron chi connectivity index (χ2n) is 4.29. The molecule has 94 valence electrons. The van der Waals surface area contributed by atoms with Crippen LogP contribution in [-0.4, -0.2) is 27.1 Å². The first-order valence-electron chi connectivity index (χ1n) is 5.40. The van der Waals surface area contributed by atoms with E-state index in [-0.39, 0.29) is 0 Å². The number of anilines is 1. The minimum atomic E-state index is -0.898. The predicted octanol–water partition coefficient (Wildman–Crippen LogP) is 2.16. The summed E-state index contributed by atoms with van der Waals surface area (Å²) in [5.41, 5.74) is 0.954. The third-order valence-electron chi connectivity index (χ3n) is 2.19. The third kappa shape index (κ3) is 4.10. The summed E-state index contributed by atoms with van der Waals surface area (Å²) in [6, 6.07) is -0.662. The quantitative estimate of drug-likeness (QED) is 0.797. The molecule has 6 heteroatoms. The summed E-state index contributed by atoms with van der Waals surface area (Å²) in [5.74, 6) is 0.194. The van der Waals surface area contributed by atoms with Gasteiger partial charge in [0.2, 0.25) is 0 Å². The molecule has 0 aliphatic carbocycles. The summed E-state index contributed by atoms with van der Waals surface area (Å²) in [5, 5.41) is 11.7. The lowest BCUT2D eigenvalue weighted by atomic mass is 10.1. The Morgan fingerprint density at radius 3 is 2.65 bits per heavy atom. The van der Waals surface area contributed by atoms with Crippen molar-refractivity contribution in [3.8, 4) is 0 Å². The molecule has 1 rings (SSSR count). The molecule has 1 aromatic rings. The molecule has 5 nitrogen and oxygen atoms in total. The minimum Gasteiger partial charge on any atom is -0.480 e. The van der Waals surface area contributed by atoms with E-state index in [0.717, 1.165) is 15.7 Å². The van der Waals surface area contributed by atoms with E-state index in [4.69, 9.17) is 5.11 Å². The molecule has 0 spiro atoms. The summed E-state index contributed by atoms with van der Waals surface area (Å²) in [6.07, 6.45) is 2.33. The van der Waals surface area contributed by atoms with Gasteiger partial charge >= 0.3 is 5.97 Å². The molecule has 0 fully saturated rings. The largest absolute Gasteiger partial charge is 0.480 e. The molecule has 0 aliphatic rings. The fraction of sp³-hybridized carbons (Fsp3) is 0.545. The zero-order valence-electron chi connectivity index (χ0n) is 10.1. The van der Waals surface area contributed by atoms with Crippen LogP contribution in [0.3, 0.4) is 0 Å². The second kappa shape index (κ2) is 6.13. The summed E-state index contributed by atoms with van der Waals surface area (Å²) < 4.78 is 0.895. The molecule has 0 aliphatic heterocycles. The summed E-state index contributed by atoms with van der Waals surface area (Å²) in [6.45, 7) is 5.82. The van der Waals surface area contributed by atoms with Crippen LogP contribution in [0.5, 0.6) is 0 Å². The smallest absolute Gasteiger partial charge is 0.325 e. The van der Waals surface area contributed by atoms with Crippen LogP contribution in [-0.2, 0) is 11.2 Å². The molecule has 1 aromatic heterocycles. The van der Waals surface area contributed by atoms with Crippen molar-refractivity contribution < 1.29 is 9.90 Å². The molecule has 2 N–H and O–H groups in total. The Kier molecular flexibility index (Phi) is 5.10. The number of carboxylic acid groups (broad SMARTS) is 1. The molecule has 17 heavy (non-hydrogen) atoms. The van der Waals surface area contributed by atoms with Gasteiger partial charge in [0.05, 0.1) is 9.26 Å². The summed E-state index contributed by atoms with van der Waals surface area (Å²) in [7, 11) is 0. The highest BCUT2D eigenvalue weighted by Gasteiger charge is 2.15. The number of carbonyl (C=O) groups is 1. The number of nitrogens with zero attached hydrogens (tertiary/aromatic N) is 2. The first kappa shape index (κ1) is 14.1. The molecule has 0 bridgehead atoms. The second-order valence-corrected chi connectivity index (χ2v) is 5.36. The van der Waals surface area contributed by atoms with Gasteiger partial charge in [-0.3, -0.25) is 4.79 Å². The fourth-order valence-corrected chi connectivity index (χ4v) is 1.96. The van der Waals surface area contributed by atoms with E-state index in [9.17, 15) is 4.79 Å². The molecular weight excluding hydrogens is 333 g/mol. The van der Waals surface area contributed by atoms with Crippen molar-refractivity contribution in [3.05, 3.63) is 15.6 Å². The average Bonchev–Trinajstić information content (AvgIpc) is 2.23. The van der Waals surface area contributed by atoms with Gasteiger partial charge in [-0.1, -0.05) is 13.8 Å². The first-order chi connectivity index (χ1) is 7.91. The van der Waals surface area contributed by atoms with Crippen LogP contribution >= 0.6 is 22.6 Å². The van der Waals surface area contributed by atoms with E-state index in [1.807, 2.05) is 0 Å². The zero-order chi connectivity index (χ0) is 13.0. The van der Waals surface area contributed by atoms with Crippen LogP contribution in [0.2, 0.25) is 0 Å². The summed E-state index contributed by atoms with van der Waals surface area (Å²) >= 11 is 2.15. The van der Waals surface area contributed by atoms with Crippen molar-refractivity contribution in [2.45, 2.75) is 33.2 Å². The number of hydrogen-bond acceptors (Lipinski definition) is 4. The fourth-order valence-electron chi connectivity index (χ4n) is 1.30. The van der Waals surface area contributed by atoms with Crippen molar-refractivity contribution in [3.63, 3.8) is 0 Å². The predicted molar refractivity (Wildman–Crippen MR) is 74.0 cm³/mol. The summed E-state index contributed by atoms with van der Waals surface area (Å²) in [4.78, 5) is 19.1. The topological polar surface area (TPSA) is 75.1 Å². The average molecular weight is 349 g/mol. The SMILES string of the molecule is CC(C)Cc1ncnc(NC(C)C(=O)O)c1I. The van der Waals surface area contributed by atoms with Crippen LogP contribution < -0.4 is 5.32 Å². The Labute approximate surface area is 114 Å². The molecular formula is C11H16IN3O2. The van der Waals surface area contributed by atoms with E-state index >= 15 is 0 Å². The number of halogens is 1. The maximum atomic E-state index is 10.8. The minimum absolute atomic E-state index is 0.503. The van der Waals surface area contributed by atoms with Crippen LogP contribution in [0, 0.1) is 9.49 Å². The van der Waals surface area contributed by atoms with Crippen LogP contribution in [0.4, 0.5) is 5.82 Å². The number of hydrogen-bond donors (Lipinski definition) is 2. The molecule has 0 radical (unpaired) electrons. The Hall–Kier alpha value is -0.920. The number of rotatable bonds is 5. The van der Waals surface area contributed by atoms with Crippen molar-refractivity contribution in [1.29, 1.82) is 0 Å². The van der Waals surface area contributed by atoms with Crippen molar-refractivity contribution in [2.24, 2.45) is 5.92 Å². The molecule has 0 amide bonds. The first-order valence-corrected chi connectivity index (χ1v) is 6.48. The van der Waals surface area contributed by atoms with E-state index in [1.54, 1.807) is 6.92 Å². The highest BCUT2D eigenvalue weighted by molar-refractivity contribution is 14.1. The number of aromatic nitrogens is 2. The molecule has 1 atom stereocenters. The van der Waals surface area contributed by atoms with Crippen LogP contribution in [0.15, 0.2) is 6.33 Å². The van der Waals surface area contributed by atoms with E-state index in [1.165, 1.54) is 6.33 Å². The molecule has 1 unspecified atom stereocenters.